The first kappa shape index (κ1) is 19.1. The molecule has 1 fully saturated rings. The molecule has 0 aromatic heterocycles. The van der Waals surface area contributed by atoms with Crippen LogP contribution in [0.25, 0.3) is 0 Å². The van der Waals surface area contributed by atoms with Gasteiger partial charge in [0.25, 0.3) is 5.91 Å². The van der Waals surface area contributed by atoms with Crippen molar-refractivity contribution in [3.05, 3.63) is 58.9 Å². The molecule has 2 aromatic carbocycles. The van der Waals surface area contributed by atoms with Crippen LogP contribution < -0.4 is 10.2 Å². The summed E-state index contributed by atoms with van der Waals surface area (Å²) >= 11 is 5.80. The highest BCUT2D eigenvalue weighted by Crippen LogP contribution is 2.20. The Labute approximate surface area is 160 Å². The molecule has 1 N–H and O–H groups in total. The third-order valence-electron chi connectivity index (χ3n) is 4.01. The number of esters is 1. The van der Waals surface area contributed by atoms with Gasteiger partial charge in [-0.2, -0.15) is 0 Å². The largest absolute Gasteiger partial charge is 0.452 e. The zero-order valence-corrected chi connectivity index (χ0v) is 15.2. The zero-order valence-electron chi connectivity index (χ0n) is 14.4. The number of morpholine rings is 1. The average molecular weight is 393 g/mol. The van der Waals surface area contributed by atoms with Crippen molar-refractivity contribution in [2.45, 2.75) is 0 Å². The predicted molar refractivity (Wildman–Crippen MR) is 99.8 cm³/mol. The van der Waals surface area contributed by atoms with Gasteiger partial charge in [-0.3, -0.25) is 4.79 Å². The van der Waals surface area contributed by atoms with Gasteiger partial charge in [-0.25, -0.2) is 9.18 Å². The lowest BCUT2D eigenvalue weighted by atomic mass is 10.2. The molecule has 0 saturated carbocycles. The molecule has 0 aliphatic carbocycles. The van der Waals surface area contributed by atoms with E-state index in [2.05, 4.69) is 10.2 Å². The number of anilines is 2. The molecule has 1 aliphatic heterocycles. The normalized spacial score (nSPS) is 13.9. The molecule has 3 rings (SSSR count). The van der Waals surface area contributed by atoms with E-state index >= 15 is 0 Å². The summed E-state index contributed by atoms with van der Waals surface area (Å²) in [6, 6.07) is 10.7. The molecule has 0 radical (unpaired) electrons. The van der Waals surface area contributed by atoms with E-state index in [0.717, 1.165) is 30.9 Å². The van der Waals surface area contributed by atoms with Crippen molar-refractivity contribution in [3.8, 4) is 0 Å². The van der Waals surface area contributed by atoms with Crippen molar-refractivity contribution in [1.82, 2.24) is 0 Å². The molecule has 1 heterocycles. The molecule has 6 nitrogen and oxygen atoms in total. The van der Waals surface area contributed by atoms with Gasteiger partial charge in [0.15, 0.2) is 6.61 Å². The summed E-state index contributed by atoms with van der Waals surface area (Å²) in [6.45, 7) is 2.57. The highest BCUT2D eigenvalue weighted by atomic mass is 35.5. The highest BCUT2D eigenvalue weighted by Gasteiger charge is 2.15. The standard InChI is InChI=1S/C19H18ClFN2O4/c20-17-11-13(21)1-6-16(17)19(25)27-12-18(24)22-14-2-4-15(5-3-14)23-7-9-26-10-8-23/h1-6,11H,7-10,12H2,(H,22,24). The molecule has 0 unspecified atom stereocenters. The second-order valence-corrected chi connectivity index (χ2v) is 6.30. The van der Waals surface area contributed by atoms with E-state index < -0.39 is 24.3 Å². The fourth-order valence-electron chi connectivity index (χ4n) is 2.64. The number of ether oxygens (including phenoxy) is 2. The molecular formula is C19H18ClFN2O4. The quantitative estimate of drug-likeness (QED) is 0.792. The molecule has 1 aliphatic rings. The summed E-state index contributed by atoms with van der Waals surface area (Å²) in [5.74, 6) is -1.84. The summed E-state index contributed by atoms with van der Waals surface area (Å²) in [4.78, 5) is 26.1. The Bertz CT molecular complexity index is 823. The van der Waals surface area contributed by atoms with Crippen molar-refractivity contribution in [3.63, 3.8) is 0 Å². The third kappa shape index (κ3) is 5.18. The smallest absolute Gasteiger partial charge is 0.340 e. The van der Waals surface area contributed by atoms with Crippen molar-refractivity contribution in [2.24, 2.45) is 0 Å². The summed E-state index contributed by atoms with van der Waals surface area (Å²) in [6.07, 6.45) is 0. The average Bonchev–Trinajstić information content (AvgIpc) is 2.67. The van der Waals surface area contributed by atoms with Crippen molar-refractivity contribution in [1.29, 1.82) is 0 Å². The van der Waals surface area contributed by atoms with E-state index in [1.807, 2.05) is 12.1 Å². The molecule has 0 bridgehead atoms. The number of carbonyl (C=O) groups is 2. The zero-order chi connectivity index (χ0) is 19.2. The van der Waals surface area contributed by atoms with Gasteiger partial charge >= 0.3 is 5.97 Å². The molecule has 0 spiro atoms. The molecule has 0 atom stereocenters. The van der Waals surface area contributed by atoms with Crippen LogP contribution in [0.15, 0.2) is 42.5 Å². The Morgan fingerprint density at radius 1 is 1.15 bits per heavy atom. The number of nitrogens with one attached hydrogen (secondary N) is 1. The van der Waals surface area contributed by atoms with Crippen LogP contribution in [-0.4, -0.2) is 44.8 Å². The van der Waals surface area contributed by atoms with Crippen LogP contribution in [-0.2, 0) is 14.3 Å². The first-order valence-electron chi connectivity index (χ1n) is 8.38. The topological polar surface area (TPSA) is 67.9 Å². The summed E-state index contributed by atoms with van der Waals surface area (Å²) in [5, 5.41) is 2.58. The maximum atomic E-state index is 13.0. The molecule has 2 aromatic rings. The van der Waals surface area contributed by atoms with Crippen molar-refractivity contribution in [2.75, 3.05) is 43.1 Å². The van der Waals surface area contributed by atoms with E-state index in [0.29, 0.717) is 18.9 Å². The Morgan fingerprint density at radius 2 is 1.85 bits per heavy atom. The monoisotopic (exact) mass is 392 g/mol. The highest BCUT2D eigenvalue weighted by molar-refractivity contribution is 6.33. The molecule has 1 amide bonds. The Kier molecular flexibility index (Phi) is 6.26. The van der Waals surface area contributed by atoms with Crippen LogP contribution >= 0.6 is 11.6 Å². The Hall–Kier alpha value is -2.64. The predicted octanol–water partition coefficient (Wildman–Crippen LogP) is 3.11. The van der Waals surface area contributed by atoms with Gasteiger partial charge in [-0.05, 0) is 42.5 Å². The number of benzene rings is 2. The van der Waals surface area contributed by atoms with Crippen LogP contribution in [0.3, 0.4) is 0 Å². The van der Waals surface area contributed by atoms with Crippen LogP contribution in [0.5, 0.6) is 0 Å². The minimum atomic E-state index is -0.794. The Balaban J connectivity index is 1.50. The first-order valence-corrected chi connectivity index (χ1v) is 8.75. The number of amides is 1. The van der Waals surface area contributed by atoms with Crippen LogP contribution in [0, 0.1) is 5.82 Å². The van der Waals surface area contributed by atoms with E-state index in [1.165, 1.54) is 6.07 Å². The lowest BCUT2D eigenvalue weighted by Gasteiger charge is -2.28. The maximum absolute atomic E-state index is 13.0. The second-order valence-electron chi connectivity index (χ2n) is 5.89. The maximum Gasteiger partial charge on any atom is 0.340 e. The second kappa shape index (κ2) is 8.83. The van der Waals surface area contributed by atoms with Crippen LogP contribution in [0.2, 0.25) is 5.02 Å². The number of rotatable bonds is 5. The number of halogens is 2. The van der Waals surface area contributed by atoms with Gasteiger partial charge in [-0.1, -0.05) is 11.6 Å². The van der Waals surface area contributed by atoms with E-state index in [1.54, 1.807) is 12.1 Å². The van der Waals surface area contributed by atoms with Gasteiger partial charge in [0.05, 0.1) is 23.8 Å². The number of carbonyl (C=O) groups excluding carboxylic acids is 2. The van der Waals surface area contributed by atoms with Crippen LogP contribution in [0.4, 0.5) is 15.8 Å². The molecule has 27 heavy (non-hydrogen) atoms. The van der Waals surface area contributed by atoms with E-state index in [4.69, 9.17) is 21.1 Å². The van der Waals surface area contributed by atoms with Crippen molar-refractivity contribution < 1.29 is 23.5 Å². The summed E-state index contributed by atoms with van der Waals surface area (Å²) < 4.78 is 23.2. The van der Waals surface area contributed by atoms with Gasteiger partial charge in [0.1, 0.15) is 5.82 Å². The fourth-order valence-corrected chi connectivity index (χ4v) is 2.88. The molecule has 8 heteroatoms. The van der Waals surface area contributed by atoms with Gasteiger partial charge < -0.3 is 19.7 Å². The lowest BCUT2D eigenvalue weighted by Crippen LogP contribution is -2.36. The summed E-state index contributed by atoms with van der Waals surface area (Å²) in [7, 11) is 0. The number of nitrogens with zero attached hydrogens (tertiary/aromatic N) is 1. The van der Waals surface area contributed by atoms with Gasteiger partial charge in [0, 0.05) is 24.5 Å². The summed E-state index contributed by atoms with van der Waals surface area (Å²) in [5.41, 5.74) is 1.64. The first-order chi connectivity index (χ1) is 13.0. The SMILES string of the molecule is O=C(COC(=O)c1ccc(F)cc1Cl)Nc1ccc(N2CCOCC2)cc1. The van der Waals surface area contributed by atoms with E-state index in [9.17, 15) is 14.0 Å². The fraction of sp³-hybridized carbons (Fsp3) is 0.263. The number of hydrogen-bond acceptors (Lipinski definition) is 5. The molecule has 1 saturated heterocycles. The van der Waals surface area contributed by atoms with Gasteiger partial charge in [-0.15, -0.1) is 0 Å². The van der Waals surface area contributed by atoms with Crippen molar-refractivity contribution >= 4 is 34.9 Å². The molecular weight excluding hydrogens is 375 g/mol. The third-order valence-corrected chi connectivity index (χ3v) is 4.33. The minimum Gasteiger partial charge on any atom is -0.452 e. The van der Waals surface area contributed by atoms with Gasteiger partial charge in [0.2, 0.25) is 0 Å². The van der Waals surface area contributed by atoms with Crippen LogP contribution in [0.1, 0.15) is 10.4 Å². The minimum absolute atomic E-state index is 0.000677. The lowest BCUT2D eigenvalue weighted by molar-refractivity contribution is -0.119. The molecule has 142 valence electrons. The Morgan fingerprint density at radius 3 is 2.52 bits per heavy atom. The van der Waals surface area contributed by atoms with E-state index in [-0.39, 0.29) is 10.6 Å². The number of hydrogen-bond donors (Lipinski definition) is 1.